The van der Waals surface area contributed by atoms with Gasteiger partial charge in [0, 0.05) is 34.7 Å². The molecule has 0 aliphatic heterocycles. The number of aromatic nitrogens is 4. The standard InChI is InChI=1S/C37H34F2N4O/c1-22(2)37-35(36-30(38)12-8-13-31(36)39)24(4)41-43(37)25-9-7-10-26(20-25)44-27-15-16-29-28-11-5-6-14-32(28)42(33(29)21-27)34-19-23(3)17-18-40-34/h5-7,9-12,14-22,31,36H,8,13H2,1-4H3/t31-,36+/m0/s1. The molecule has 0 unspecified atom stereocenters. The molecule has 0 radical (unpaired) electrons. The number of rotatable bonds is 6. The van der Waals surface area contributed by atoms with Gasteiger partial charge >= 0.3 is 0 Å². The van der Waals surface area contributed by atoms with Crippen molar-refractivity contribution in [3.05, 3.63) is 119 Å². The number of benzene rings is 3. The van der Waals surface area contributed by atoms with Gasteiger partial charge in [-0.1, -0.05) is 44.2 Å². The summed E-state index contributed by atoms with van der Waals surface area (Å²) in [5, 5.41) is 7.06. The Morgan fingerprint density at radius 2 is 1.68 bits per heavy atom. The lowest BCUT2D eigenvalue weighted by Gasteiger charge is -2.25. The van der Waals surface area contributed by atoms with E-state index in [-0.39, 0.29) is 5.92 Å². The zero-order valence-electron chi connectivity index (χ0n) is 25.3. The SMILES string of the molecule is Cc1ccnc(-n2c3ccccc3c3ccc(Oc4cccc(-n5nc(C)c([C@@H]6C(F)=CCC[C@@H]6F)c5C(C)C)c4)cc32)c1. The van der Waals surface area contributed by atoms with Crippen LogP contribution in [0.25, 0.3) is 33.3 Å². The van der Waals surface area contributed by atoms with Crippen LogP contribution in [-0.4, -0.2) is 25.5 Å². The molecule has 44 heavy (non-hydrogen) atoms. The second-order valence-electron chi connectivity index (χ2n) is 11.9. The number of nitrogens with zero attached hydrogens (tertiary/aromatic N) is 4. The summed E-state index contributed by atoms with van der Waals surface area (Å²) in [4.78, 5) is 4.68. The second kappa shape index (κ2) is 11.1. The minimum absolute atomic E-state index is 0.00254. The van der Waals surface area contributed by atoms with Crippen LogP contribution in [0.5, 0.6) is 11.5 Å². The van der Waals surface area contributed by atoms with E-state index in [0.717, 1.165) is 44.6 Å². The average Bonchev–Trinajstić information content (AvgIpc) is 3.52. The number of allylic oxidation sites excluding steroid dienone is 2. The third-order valence-electron chi connectivity index (χ3n) is 8.52. The van der Waals surface area contributed by atoms with Crippen LogP contribution >= 0.6 is 0 Å². The number of fused-ring (bicyclic) bond motifs is 3. The average molecular weight is 589 g/mol. The van der Waals surface area contributed by atoms with Gasteiger partial charge in [-0.05, 0) is 80.6 Å². The number of alkyl halides is 1. The van der Waals surface area contributed by atoms with E-state index in [2.05, 4.69) is 40.7 Å². The van der Waals surface area contributed by atoms with Gasteiger partial charge in [-0.3, -0.25) is 4.57 Å². The van der Waals surface area contributed by atoms with Crippen LogP contribution in [0.15, 0.2) is 97.0 Å². The molecule has 0 saturated heterocycles. The summed E-state index contributed by atoms with van der Waals surface area (Å²) in [7, 11) is 0. The Kier molecular flexibility index (Phi) is 7.04. The van der Waals surface area contributed by atoms with E-state index >= 15 is 8.78 Å². The van der Waals surface area contributed by atoms with E-state index in [1.807, 2.05) is 86.2 Å². The maximum atomic E-state index is 15.1. The van der Waals surface area contributed by atoms with Crippen LogP contribution in [-0.2, 0) is 0 Å². The lowest BCUT2D eigenvalue weighted by atomic mass is 9.83. The molecule has 2 atom stereocenters. The summed E-state index contributed by atoms with van der Waals surface area (Å²) in [6.45, 7) is 7.97. The zero-order chi connectivity index (χ0) is 30.5. The topological polar surface area (TPSA) is 44.9 Å². The normalized spacial score (nSPS) is 17.0. The number of hydrogen-bond acceptors (Lipinski definition) is 3. The highest BCUT2D eigenvalue weighted by atomic mass is 19.1. The Labute approximate surface area is 255 Å². The van der Waals surface area contributed by atoms with Gasteiger partial charge < -0.3 is 4.74 Å². The molecule has 7 heteroatoms. The van der Waals surface area contributed by atoms with Crippen LogP contribution in [0.1, 0.15) is 61.0 Å². The number of halogens is 2. The van der Waals surface area contributed by atoms with E-state index in [0.29, 0.717) is 35.6 Å². The molecule has 0 N–H and O–H groups in total. The summed E-state index contributed by atoms with van der Waals surface area (Å²) in [5.41, 5.74) is 6.08. The first-order valence-corrected chi connectivity index (χ1v) is 15.1. The molecule has 0 bridgehead atoms. The zero-order valence-corrected chi connectivity index (χ0v) is 25.3. The molecule has 0 amide bonds. The molecule has 0 fully saturated rings. The Balaban J connectivity index is 1.29. The molecule has 6 aromatic rings. The van der Waals surface area contributed by atoms with Crippen LogP contribution in [0.2, 0.25) is 0 Å². The van der Waals surface area contributed by atoms with Crippen LogP contribution < -0.4 is 4.74 Å². The van der Waals surface area contributed by atoms with Crippen molar-refractivity contribution in [3.8, 4) is 23.0 Å². The Bertz CT molecular complexity index is 2050. The minimum Gasteiger partial charge on any atom is -0.457 e. The van der Waals surface area contributed by atoms with Gasteiger partial charge in [0.05, 0.1) is 34.0 Å². The Morgan fingerprint density at radius 3 is 2.48 bits per heavy atom. The molecule has 7 rings (SSSR count). The lowest BCUT2D eigenvalue weighted by Crippen LogP contribution is -2.20. The summed E-state index contributed by atoms with van der Waals surface area (Å²) < 4.78 is 40.6. The van der Waals surface area contributed by atoms with Gasteiger partial charge in [-0.25, -0.2) is 18.4 Å². The van der Waals surface area contributed by atoms with Crippen molar-refractivity contribution in [1.29, 1.82) is 0 Å². The molecule has 3 heterocycles. The maximum Gasteiger partial charge on any atom is 0.137 e. The molecule has 1 aliphatic rings. The summed E-state index contributed by atoms with van der Waals surface area (Å²) in [6.07, 6.45) is 2.80. The first-order chi connectivity index (χ1) is 21.3. The predicted molar refractivity (Wildman–Crippen MR) is 172 cm³/mol. The van der Waals surface area contributed by atoms with Crippen molar-refractivity contribution < 1.29 is 13.5 Å². The van der Waals surface area contributed by atoms with Gasteiger partial charge in [0.2, 0.25) is 0 Å². The number of aryl methyl sites for hydroxylation is 2. The smallest absolute Gasteiger partial charge is 0.137 e. The summed E-state index contributed by atoms with van der Waals surface area (Å²) in [5.74, 6) is 0.838. The van der Waals surface area contributed by atoms with Crippen LogP contribution in [0.4, 0.5) is 8.78 Å². The fraction of sp³-hybridized carbons (Fsp3) is 0.243. The Morgan fingerprint density at radius 1 is 0.886 bits per heavy atom. The Hall–Kier alpha value is -4.78. The molecule has 0 saturated carbocycles. The minimum atomic E-state index is -1.27. The molecule has 222 valence electrons. The first-order valence-electron chi connectivity index (χ1n) is 15.1. The van der Waals surface area contributed by atoms with Crippen molar-refractivity contribution in [2.75, 3.05) is 0 Å². The number of pyridine rings is 1. The second-order valence-corrected chi connectivity index (χ2v) is 11.9. The van der Waals surface area contributed by atoms with Crippen LogP contribution in [0.3, 0.4) is 0 Å². The number of hydrogen-bond donors (Lipinski definition) is 0. The summed E-state index contributed by atoms with van der Waals surface area (Å²) >= 11 is 0. The van der Waals surface area contributed by atoms with E-state index < -0.39 is 17.9 Å². The third-order valence-corrected chi connectivity index (χ3v) is 8.52. The molecule has 3 aromatic heterocycles. The predicted octanol–water partition coefficient (Wildman–Crippen LogP) is 9.97. The maximum absolute atomic E-state index is 15.1. The quantitative estimate of drug-likeness (QED) is 0.195. The number of ether oxygens (including phenoxy) is 1. The molecular weight excluding hydrogens is 554 g/mol. The molecule has 1 aliphatic carbocycles. The van der Waals surface area contributed by atoms with E-state index in [1.165, 1.54) is 6.08 Å². The summed E-state index contributed by atoms with van der Waals surface area (Å²) in [6, 6.07) is 26.2. The number of para-hydroxylation sites is 1. The molecular formula is C37H34F2N4O. The lowest BCUT2D eigenvalue weighted by molar-refractivity contribution is 0.250. The van der Waals surface area contributed by atoms with Crippen molar-refractivity contribution in [2.45, 2.75) is 58.5 Å². The van der Waals surface area contributed by atoms with Gasteiger partial charge in [-0.15, -0.1) is 0 Å². The fourth-order valence-corrected chi connectivity index (χ4v) is 6.58. The fourth-order valence-electron chi connectivity index (χ4n) is 6.58. The van der Waals surface area contributed by atoms with E-state index in [1.54, 1.807) is 0 Å². The van der Waals surface area contributed by atoms with E-state index in [4.69, 9.17) is 9.84 Å². The van der Waals surface area contributed by atoms with Gasteiger partial charge in [0.25, 0.3) is 0 Å². The largest absolute Gasteiger partial charge is 0.457 e. The van der Waals surface area contributed by atoms with Crippen molar-refractivity contribution >= 4 is 21.8 Å². The van der Waals surface area contributed by atoms with E-state index in [9.17, 15) is 0 Å². The van der Waals surface area contributed by atoms with Crippen molar-refractivity contribution in [3.63, 3.8) is 0 Å². The third kappa shape index (κ3) is 4.77. The molecule has 3 aromatic carbocycles. The van der Waals surface area contributed by atoms with Gasteiger partial charge in [-0.2, -0.15) is 5.10 Å². The van der Waals surface area contributed by atoms with Crippen molar-refractivity contribution in [2.24, 2.45) is 0 Å². The van der Waals surface area contributed by atoms with Crippen LogP contribution in [0, 0.1) is 13.8 Å². The molecule has 5 nitrogen and oxygen atoms in total. The molecule has 0 spiro atoms. The highest BCUT2D eigenvalue weighted by Crippen LogP contribution is 2.43. The monoisotopic (exact) mass is 588 g/mol. The first kappa shape index (κ1) is 28.0. The highest BCUT2D eigenvalue weighted by molar-refractivity contribution is 6.09. The van der Waals surface area contributed by atoms with Gasteiger partial charge in [0.1, 0.15) is 29.3 Å². The van der Waals surface area contributed by atoms with Gasteiger partial charge in [0.15, 0.2) is 0 Å². The van der Waals surface area contributed by atoms with Crippen molar-refractivity contribution in [1.82, 2.24) is 19.3 Å². The highest BCUT2D eigenvalue weighted by Gasteiger charge is 2.36.